The Kier molecular flexibility index (Phi) is 4.07. The van der Waals surface area contributed by atoms with E-state index in [1.54, 1.807) is 7.11 Å². The van der Waals surface area contributed by atoms with Gasteiger partial charge in [-0.05, 0) is 50.7 Å². The van der Waals surface area contributed by atoms with Crippen LogP contribution >= 0.6 is 0 Å². The molecule has 0 aliphatic rings. The third-order valence-electron chi connectivity index (χ3n) is 2.79. The number of nitrogens with zero attached hydrogens (tertiary/aromatic N) is 1. The molecular formula is C13H19NO2. The van der Waals surface area contributed by atoms with Gasteiger partial charge >= 0.3 is 0 Å². The molecule has 0 aromatic heterocycles. The van der Waals surface area contributed by atoms with Crippen molar-refractivity contribution < 1.29 is 9.53 Å². The summed E-state index contributed by atoms with van der Waals surface area (Å²) < 4.78 is 5.25. The Balaban J connectivity index is 3.24. The number of carbonyl (C=O) groups is 1. The standard InChI is InChI=1S/C13H19NO2/c1-9-7-13(16-5)10(2)6-11(9)12(8-15)14(3)4/h6-8,12H,1-5H3. The van der Waals surface area contributed by atoms with E-state index in [0.29, 0.717) is 0 Å². The van der Waals surface area contributed by atoms with E-state index < -0.39 is 0 Å². The topological polar surface area (TPSA) is 29.5 Å². The number of benzene rings is 1. The Labute approximate surface area is 97.0 Å². The molecule has 1 aromatic rings. The fourth-order valence-electron chi connectivity index (χ4n) is 1.82. The molecule has 0 aliphatic carbocycles. The Morgan fingerprint density at radius 1 is 1.25 bits per heavy atom. The summed E-state index contributed by atoms with van der Waals surface area (Å²) in [4.78, 5) is 13.0. The summed E-state index contributed by atoms with van der Waals surface area (Å²) in [5, 5.41) is 0. The number of likely N-dealkylation sites (N-methyl/N-ethyl adjacent to an activating group) is 1. The quantitative estimate of drug-likeness (QED) is 0.729. The van der Waals surface area contributed by atoms with Gasteiger partial charge in [-0.1, -0.05) is 6.07 Å². The van der Waals surface area contributed by atoms with Crippen LogP contribution in [0.1, 0.15) is 22.7 Å². The summed E-state index contributed by atoms with van der Waals surface area (Å²) in [6.07, 6.45) is 0.967. The summed E-state index contributed by atoms with van der Waals surface area (Å²) in [6, 6.07) is 3.81. The minimum atomic E-state index is -0.190. The lowest BCUT2D eigenvalue weighted by Crippen LogP contribution is -2.22. The van der Waals surface area contributed by atoms with Gasteiger partial charge in [-0.15, -0.1) is 0 Å². The molecule has 0 bridgehead atoms. The predicted octanol–water partition coefficient (Wildman–Crippen LogP) is 2.11. The lowest BCUT2D eigenvalue weighted by Gasteiger charge is -2.22. The number of aldehydes is 1. The van der Waals surface area contributed by atoms with E-state index in [2.05, 4.69) is 0 Å². The maximum atomic E-state index is 11.1. The first-order valence-corrected chi connectivity index (χ1v) is 5.28. The Morgan fingerprint density at radius 3 is 2.31 bits per heavy atom. The molecule has 0 heterocycles. The van der Waals surface area contributed by atoms with Crippen molar-refractivity contribution in [3.05, 3.63) is 28.8 Å². The second-order valence-electron chi connectivity index (χ2n) is 4.22. The molecule has 0 amide bonds. The highest BCUT2D eigenvalue weighted by atomic mass is 16.5. The van der Waals surface area contributed by atoms with Gasteiger partial charge in [-0.25, -0.2) is 0 Å². The van der Waals surface area contributed by atoms with Crippen LogP contribution in [0.5, 0.6) is 5.75 Å². The van der Waals surface area contributed by atoms with Gasteiger partial charge in [-0.3, -0.25) is 4.90 Å². The zero-order valence-electron chi connectivity index (χ0n) is 10.6. The molecule has 1 unspecified atom stereocenters. The van der Waals surface area contributed by atoms with E-state index in [1.165, 1.54) is 0 Å². The Morgan fingerprint density at radius 2 is 1.88 bits per heavy atom. The summed E-state index contributed by atoms with van der Waals surface area (Å²) in [5.74, 6) is 0.865. The largest absolute Gasteiger partial charge is 0.496 e. The second kappa shape index (κ2) is 5.12. The zero-order valence-corrected chi connectivity index (χ0v) is 10.6. The lowest BCUT2D eigenvalue weighted by molar-refractivity contribution is -0.111. The van der Waals surface area contributed by atoms with Crippen molar-refractivity contribution in [2.24, 2.45) is 0 Å². The van der Waals surface area contributed by atoms with E-state index in [-0.39, 0.29) is 6.04 Å². The molecule has 88 valence electrons. The van der Waals surface area contributed by atoms with Gasteiger partial charge in [0.2, 0.25) is 0 Å². The molecule has 16 heavy (non-hydrogen) atoms. The van der Waals surface area contributed by atoms with Gasteiger partial charge in [-0.2, -0.15) is 0 Å². The number of hydrogen-bond acceptors (Lipinski definition) is 3. The minimum Gasteiger partial charge on any atom is -0.496 e. The van der Waals surface area contributed by atoms with Crippen molar-refractivity contribution in [2.75, 3.05) is 21.2 Å². The van der Waals surface area contributed by atoms with Crippen LogP contribution in [0.25, 0.3) is 0 Å². The zero-order chi connectivity index (χ0) is 12.3. The molecule has 3 nitrogen and oxygen atoms in total. The summed E-state index contributed by atoms with van der Waals surface area (Å²) in [5.41, 5.74) is 3.17. The highest BCUT2D eigenvalue weighted by molar-refractivity contribution is 5.63. The summed E-state index contributed by atoms with van der Waals surface area (Å²) >= 11 is 0. The van der Waals surface area contributed by atoms with Crippen molar-refractivity contribution in [1.82, 2.24) is 4.90 Å². The van der Waals surface area contributed by atoms with Crippen molar-refractivity contribution in [1.29, 1.82) is 0 Å². The van der Waals surface area contributed by atoms with E-state index in [0.717, 1.165) is 28.7 Å². The maximum Gasteiger partial charge on any atom is 0.141 e. The van der Waals surface area contributed by atoms with Crippen LogP contribution < -0.4 is 4.74 Å². The summed E-state index contributed by atoms with van der Waals surface area (Å²) in [7, 11) is 5.46. The average Bonchev–Trinajstić information content (AvgIpc) is 2.23. The van der Waals surface area contributed by atoms with Crippen LogP contribution in [0, 0.1) is 13.8 Å². The number of carbonyl (C=O) groups excluding carboxylic acids is 1. The van der Waals surface area contributed by atoms with Crippen LogP contribution in [-0.4, -0.2) is 32.4 Å². The van der Waals surface area contributed by atoms with Crippen LogP contribution in [0.3, 0.4) is 0 Å². The van der Waals surface area contributed by atoms with E-state index >= 15 is 0 Å². The first-order valence-electron chi connectivity index (χ1n) is 5.28. The monoisotopic (exact) mass is 221 g/mol. The predicted molar refractivity (Wildman–Crippen MR) is 65.0 cm³/mol. The third-order valence-corrected chi connectivity index (χ3v) is 2.79. The van der Waals surface area contributed by atoms with Crippen molar-refractivity contribution in [2.45, 2.75) is 19.9 Å². The molecule has 0 spiro atoms. The van der Waals surface area contributed by atoms with Crippen molar-refractivity contribution >= 4 is 6.29 Å². The Bertz CT molecular complexity index is 386. The molecule has 1 aromatic carbocycles. The van der Waals surface area contributed by atoms with Gasteiger partial charge in [0.1, 0.15) is 12.0 Å². The molecule has 0 aliphatic heterocycles. The molecule has 0 saturated carbocycles. The smallest absolute Gasteiger partial charge is 0.141 e. The van der Waals surface area contributed by atoms with Gasteiger partial charge in [0.15, 0.2) is 0 Å². The third kappa shape index (κ3) is 2.42. The first-order chi connectivity index (χ1) is 7.51. The summed E-state index contributed by atoms with van der Waals surface area (Å²) in [6.45, 7) is 3.98. The SMILES string of the molecule is COc1cc(C)c(C(C=O)N(C)C)cc1C. The van der Waals surface area contributed by atoms with E-state index in [4.69, 9.17) is 4.74 Å². The average molecular weight is 221 g/mol. The molecule has 0 fully saturated rings. The van der Waals surface area contributed by atoms with Gasteiger partial charge in [0.05, 0.1) is 13.2 Å². The molecular weight excluding hydrogens is 202 g/mol. The number of methoxy groups -OCH3 is 1. The van der Waals surface area contributed by atoms with Crippen LogP contribution in [0.4, 0.5) is 0 Å². The van der Waals surface area contributed by atoms with Crippen LogP contribution in [0.2, 0.25) is 0 Å². The van der Waals surface area contributed by atoms with E-state index in [9.17, 15) is 4.79 Å². The molecule has 0 N–H and O–H groups in total. The second-order valence-corrected chi connectivity index (χ2v) is 4.22. The maximum absolute atomic E-state index is 11.1. The normalized spacial score (nSPS) is 12.6. The van der Waals surface area contributed by atoms with Crippen molar-refractivity contribution in [3.63, 3.8) is 0 Å². The molecule has 1 atom stereocenters. The molecule has 0 saturated heterocycles. The van der Waals surface area contributed by atoms with Crippen molar-refractivity contribution in [3.8, 4) is 5.75 Å². The molecule has 0 radical (unpaired) electrons. The molecule has 3 heteroatoms. The minimum absolute atomic E-state index is 0.190. The van der Waals surface area contributed by atoms with Crippen LogP contribution in [-0.2, 0) is 4.79 Å². The highest BCUT2D eigenvalue weighted by Gasteiger charge is 2.16. The van der Waals surface area contributed by atoms with Gasteiger partial charge < -0.3 is 9.53 Å². The fraction of sp³-hybridized carbons (Fsp3) is 0.462. The number of ether oxygens (including phenoxy) is 1. The number of hydrogen-bond donors (Lipinski definition) is 0. The number of aryl methyl sites for hydroxylation is 2. The van der Waals surface area contributed by atoms with Crippen LogP contribution in [0.15, 0.2) is 12.1 Å². The number of rotatable bonds is 4. The molecule has 1 rings (SSSR count). The highest BCUT2D eigenvalue weighted by Crippen LogP contribution is 2.27. The van der Waals surface area contributed by atoms with Gasteiger partial charge in [0, 0.05) is 0 Å². The van der Waals surface area contributed by atoms with Gasteiger partial charge in [0.25, 0.3) is 0 Å². The lowest BCUT2D eigenvalue weighted by atomic mass is 9.98. The fourth-order valence-corrected chi connectivity index (χ4v) is 1.82. The Hall–Kier alpha value is -1.35. The van der Waals surface area contributed by atoms with E-state index in [1.807, 2.05) is 45.0 Å². The first kappa shape index (κ1) is 12.7.